The number of aromatic nitrogens is 2. The van der Waals surface area contributed by atoms with Crippen LogP contribution in [0, 0.1) is 0 Å². The molecule has 0 atom stereocenters. The zero-order valence-electron chi connectivity index (χ0n) is 12.4. The molecular formula is C17H23N3. The molecule has 0 radical (unpaired) electrons. The molecule has 3 heteroatoms. The van der Waals surface area contributed by atoms with Crippen molar-refractivity contribution in [3.8, 4) is 11.1 Å². The van der Waals surface area contributed by atoms with E-state index in [0.717, 1.165) is 13.0 Å². The first-order valence-electron chi connectivity index (χ1n) is 7.57. The lowest BCUT2D eigenvalue weighted by Gasteiger charge is -2.16. The topological polar surface area (TPSA) is 29.9 Å². The second kappa shape index (κ2) is 5.80. The Bertz CT molecular complexity index is 598. The van der Waals surface area contributed by atoms with Crippen molar-refractivity contribution in [3.05, 3.63) is 41.2 Å². The van der Waals surface area contributed by atoms with Gasteiger partial charge in [-0.3, -0.25) is 4.68 Å². The van der Waals surface area contributed by atoms with Gasteiger partial charge < -0.3 is 5.32 Å². The molecule has 20 heavy (non-hydrogen) atoms. The average molecular weight is 269 g/mol. The predicted octanol–water partition coefficient (Wildman–Crippen LogP) is 2.73. The molecule has 0 amide bonds. The minimum Gasteiger partial charge on any atom is -0.319 e. The highest BCUT2D eigenvalue weighted by atomic mass is 15.3. The van der Waals surface area contributed by atoms with Crippen LogP contribution in [0.25, 0.3) is 11.1 Å². The van der Waals surface area contributed by atoms with Crippen molar-refractivity contribution in [2.45, 2.75) is 32.1 Å². The molecule has 0 aliphatic heterocycles. The van der Waals surface area contributed by atoms with Crippen molar-refractivity contribution >= 4 is 0 Å². The van der Waals surface area contributed by atoms with Gasteiger partial charge in [0.15, 0.2) is 0 Å². The standard InChI is InChI=1S/C17H23N3/c1-18-10-9-17-16(12-20(2)19-17)15-8-7-13-5-3-4-6-14(13)11-15/h7-8,11-12,18H,3-6,9-10H2,1-2H3. The highest BCUT2D eigenvalue weighted by molar-refractivity contribution is 5.67. The Kier molecular flexibility index (Phi) is 3.88. The molecule has 3 nitrogen and oxygen atoms in total. The van der Waals surface area contributed by atoms with E-state index < -0.39 is 0 Å². The molecule has 1 heterocycles. The first-order valence-corrected chi connectivity index (χ1v) is 7.57. The van der Waals surface area contributed by atoms with Crippen molar-refractivity contribution in [3.63, 3.8) is 0 Å². The molecule has 1 aliphatic carbocycles. The van der Waals surface area contributed by atoms with Gasteiger partial charge in [-0.15, -0.1) is 0 Å². The van der Waals surface area contributed by atoms with Crippen LogP contribution in [0.15, 0.2) is 24.4 Å². The van der Waals surface area contributed by atoms with Crippen molar-refractivity contribution in [1.29, 1.82) is 0 Å². The Morgan fingerprint density at radius 2 is 2.00 bits per heavy atom. The van der Waals surface area contributed by atoms with E-state index in [1.807, 2.05) is 18.8 Å². The first-order chi connectivity index (χ1) is 9.78. The minimum absolute atomic E-state index is 0.967. The lowest BCUT2D eigenvalue weighted by molar-refractivity contribution is 0.686. The summed E-state index contributed by atoms with van der Waals surface area (Å²) in [4.78, 5) is 0. The number of hydrogen-bond acceptors (Lipinski definition) is 2. The van der Waals surface area contributed by atoms with Crippen molar-refractivity contribution in [1.82, 2.24) is 15.1 Å². The normalized spacial score (nSPS) is 14.3. The van der Waals surface area contributed by atoms with E-state index in [-0.39, 0.29) is 0 Å². The molecule has 0 unspecified atom stereocenters. The monoisotopic (exact) mass is 269 g/mol. The number of likely N-dealkylation sites (N-methyl/N-ethyl adjacent to an activating group) is 1. The largest absolute Gasteiger partial charge is 0.319 e. The van der Waals surface area contributed by atoms with Gasteiger partial charge in [0.1, 0.15) is 0 Å². The Morgan fingerprint density at radius 1 is 1.20 bits per heavy atom. The number of hydrogen-bond donors (Lipinski definition) is 1. The molecule has 1 N–H and O–H groups in total. The van der Waals surface area contributed by atoms with Crippen LogP contribution in [0.5, 0.6) is 0 Å². The summed E-state index contributed by atoms with van der Waals surface area (Å²) in [6.07, 6.45) is 8.27. The summed E-state index contributed by atoms with van der Waals surface area (Å²) >= 11 is 0. The molecule has 0 bridgehead atoms. The van der Waals surface area contributed by atoms with E-state index in [9.17, 15) is 0 Å². The highest BCUT2D eigenvalue weighted by Crippen LogP contribution is 2.29. The summed E-state index contributed by atoms with van der Waals surface area (Å²) < 4.78 is 1.93. The van der Waals surface area contributed by atoms with Crippen molar-refractivity contribution < 1.29 is 0 Å². The van der Waals surface area contributed by atoms with Gasteiger partial charge in [0.25, 0.3) is 0 Å². The van der Waals surface area contributed by atoms with Gasteiger partial charge in [-0.05, 0) is 49.4 Å². The highest BCUT2D eigenvalue weighted by Gasteiger charge is 2.13. The maximum atomic E-state index is 4.61. The van der Waals surface area contributed by atoms with Crippen LogP contribution in [0.1, 0.15) is 29.7 Å². The van der Waals surface area contributed by atoms with E-state index in [0.29, 0.717) is 0 Å². The summed E-state index contributed by atoms with van der Waals surface area (Å²) in [5.41, 5.74) is 6.89. The van der Waals surface area contributed by atoms with Gasteiger partial charge in [-0.25, -0.2) is 0 Å². The second-order valence-electron chi connectivity index (χ2n) is 5.71. The molecule has 3 rings (SSSR count). The zero-order valence-corrected chi connectivity index (χ0v) is 12.4. The van der Waals surface area contributed by atoms with Gasteiger partial charge in [0.05, 0.1) is 5.69 Å². The molecule has 1 aromatic heterocycles. The average Bonchev–Trinajstić information content (AvgIpc) is 2.85. The molecule has 1 aliphatic rings. The zero-order chi connectivity index (χ0) is 13.9. The summed E-state index contributed by atoms with van der Waals surface area (Å²) in [6, 6.07) is 6.97. The summed E-state index contributed by atoms with van der Waals surface area (Å²) in [6.45, 7) is 0.967. The molecule has 1 aromatic carbocycles. The van der Waals surface area contributed by atoms with Crippen molar-refractivity contribution in [2.24, 2.45) is 7.05 Å². The van der Waals surface area contributed by atoms with Gasteiger partial charge in [-0.1, -0.05) is 18.2 Å². The predicted molar refractivity (Wildman–Crippen MR) is 82.9 cm³/mol. The van der Waals surface area contributed by atoms with Gasteiger partial charge >= 0.3 is 0 Å². The van der Waals surface area contributed by atoms with Crippen LogP contribution in [0.2, 0.25) is 0 Å². The van der Waals surface area contributed by atoms with E-state index in [4.69, 9.17) is 0 Å². The quantitative estimate of drug-likeness (QED) is 0.925. The smallest absolute Gasteiger partial charge is 0.0715 e. The van der Waals surface area contributed by atoms with Crippen molar-refractivity contribution in [2.75, 3.05) is 13.6 Å². The minimum atomic E-state index is 0.967. The van der Waals surface area contributed by atoms with E-state index >= 15 is 0 Å². The van der Waals surface area contributed by atoms with Crippen LogP contribution in [-0.2, 0) is 26.3 Å². The fraction of sp³-hybridized carbons (Fsp3) is 0.471. The SMILES string of the molecule is CNCCc1nn(C)cc1-c1ccc2c(c1)CCCC2. The van der Waals surface area contributed by atoms with Gasteiger partial charge in [-0.2, -0.15) is 5.10 Å². The van der Waals surface area contributed by atoms with E-state index in [2.05, 4.69) is 34.8 Å². The number of aryl methyl sites for hydroxylation is 3. The molecular weight excluding hydrogens is 246 g/mol. The number of benzene rings is 1. The Labute approximate surface area is 121 Å². The lowest BCUT2D eigenvalue weighted by atomic mass is 9.89. The fourth-order valence-corrected chi connectivity index (χ4v) is 3.10. The molecule has 0 spiro atoms. The third-order valence-corrected chi connectivity index (χ3v) is 4.18. The molecule has 0 saturated carbocycles. The third kappa shape index (κ3) is 2.63. The second-order valence-corrected chi connectivity index (χ2v) is 5.71. The lowest BCUT2D eigenvalue weighted by Crippen LogP contribution is -2.11. The maximum absolute atomic E-state index is 4.61. The molecule has 2 aromatic rings. The van der Waals surface area contributed by atoms with E-state index in [1.54, 1.807) is 5.56 Å². The van der Waals surface area contributed by atoms with Crippen LogP contribution < -0.4 is 5.32 Å². The third-order valence-electron chi connectivity index (χ3n) is 4.18. The fourth-order valence-electron chi connectivity index (χ4n) is 3.10. The van der Waals surface area contributed by atoms with Crippen LogP contribution in [0.3, 0.4) is 0 Å². The first kappa shape index (κ1) is 13.4. The van der Waals surface area contributed by atoms with Gasteiger partial charge in [0, 0.05) is 31.8 Å². The molecule has 0 fully saturated rings. The summed E-state index contributed by atoms with van der Waals surface area (Å²) in [7, 11) is 3.99. The molecule has 106 valence electrons. The Balaban J connectivity index is 1.96. The maximum Gasteiger partial charge on any atom is 0.0715 e. The number of nitrogens with one attached hydrogen (secondary N) is 1. The van der Waals surface area contributed by atoms with Gasteiger partial charge in [0.2, 0.25) is 0 Å². The number of rotatable bonds is 4. The van der Waals surface area contributed by atoms with Crippen LogP contribution in [0.4, 0.5) is 0 Å². The molecule has 0 saturated heterocycles. The summed E-state index contributed by atoms with van der Waals surface area (Å²) in [5, 5.41) is 7.82. The number of fused-ring (bicyclic) bond motifs is 1. The Morgan fingerprint density at radius 3 is 2.80 bits per heavy atom. The van der Waals surface area contributed by atoms with Crippen LogP contribution in [-0.4, -0.2) is 23.4 Å². The van der Waals surface area contributed by atoms with E-state index in [1.165, 1.54) is 48.1 Å². The summed E-state index contributed by atoms with van der Waals surface area (Å²) in [5.74, 6) is 0. The number of nitrogens with zero attached hydrogens (tertiary/aromatic N) is 2. The van der Waals surface area contributed by atoms with Crippen LogP contribution >= 0.6 is 0 Å². The Hall–Kier alpha value is -1.61.